The van der Waals surface area contributed by atoms with E-state index in [4.69, 9.17) is 0 Å². The van der Waals surface area contributed by atoms with Crippen molar-refractivity contribution >= 4 is 0 Å². The highest BCUT2D eigenvalue weighted by atomic mass is 16.3. The first-order valence-electron chi connectivity index (χ1n) is 5.70. The van der Waals surface area contributed by atoms with E-state index in [1.54, 1.807) is 0 Å². The molecule has 84 valence electrons. The smallest absolute Gasteiger partial charge is 0.0793 e. The molecule has 15 heavy (non-hydrogen) atoms. The van der Waals surface area contributed by atoms with E-state index in [1.807, 2.05) is 25.2 Å². The van der Waals surface area contributed by atoms with Gasteiger partial charge in [-0.3, -0.25) is 0 Å². The lowest BCUT2D eigenvalue weighted by Gasteiger charge is -2.14. The Bertz CT molecular complexity index is 286. The zero-order valence-corrected chi connectivity index (χ0v) is 9.66. The van der Waals surface area contributed by atoms with Crippen molar-refractivity contribution in [1.29, 1.82) is 0 Å². The normalized spacial score (nSPS) is 12.7. The van der Waals surface area contributed by atoms with Crippen LogP contribution in [0.15, 0.2) is 24.3 Å². The van der Waals surface area contributed by atoms with E-state index in [9.17, 15) is 5.11 Å². The highest BCUT2D eigenvalue weighted by molar-refractivity contribution is 5.28. The summed E-state index contributed by atoms with van der Waals surface area (Å²) in [6, 6.07) is 8.15. The molecule has 1 aromatic rings. The molecule has 2 N–H and O–H groups in total. The Kier molecular flexibility index (Phi) is 5.37. The summed E-state index contributed by atoms with van der Waals surface area (Å²) in [6.45, 7) is 3.09. The maximum atomic E-state index is 10.0. The fourth-order valence-corrected chi connectivity index (χ4v) is 1.81. The third kappa shape index (κ3) is 3.65. The topological polar surface area (TPSA) is 32.3 Å². The summed E-state index contributed by atoms with van der Waals surface area (Å²) >= 11 is 0. The maximum Gasteiger partial charge on any atom is 0.0793 e. The summed E-state index contributed by atoms with van der Waals surface area (Å²) in [5, 5.41) is 13.1. The van der Waals surface area contributed by atoms with Crippen molar-refractivity contribution < 1.29 is 5.11 Å². The van der Waals surface area contributed by atoms with Gasteiger partial charge in [0, 0.05) is 0 Å². The molecule has 0 radical (unpaired) electrons. The Morgan fingerprint density at radius 2 is 2.07 bits per heavy atom. The second kappa shape index (κ2) is 6.59. The number of nitrogens with one attached hydrogen (secondary N) is 1. The number of benzene rings is 1. The van der Waals surface area contributed by atoms with Gasteiger partial charge in [-0.25, -0.2) is 0 Å². The predicted molar refractivity (Wildman–Crippen MR) is 63.9 cm³/mol. The lowest BCUT2D eigenvalue weighted by atomic mass is 9.98. The predicted octanol–water partition coefficient (Wildman–Crippen LogP) is 2.28. The minimum Gasteiger partial charge on any atom is -0.388 e. The van der Waals surface area contributed by atoms with Crippen molar-refractivity contribution in [3.8, 4) is 0 Å². The van der Waals surface area contributed by atoms with Gasteiger partial charge < -0.3 is 10.4 Å². The van der Waals surface area contributed by atoms with Crippen molar-refractivity contribution in [2.75, 3.05) is 13.6 Å². The van der Waals surface area contributed by atoms with Crippen LogP contribution in [0, 0.1) is 0 Å². The minimum absolute atomic E-state index is 0.311. The first kappa shape index (κ1) is 12.2. The van der Waals surface area contributed by atoms with Gasteiger partial charge in [0.25, 0.3) is 0 Å². The van der Waals surface area contributed by atoms with E-state index >= 15 is 0 Å². The van der Waals surface area contributed by atoms with Gasteiger partial charge >= 0.3 is 0 Å². The average Bonchev–Trinajstić information content (AvgIpc) is 2.29. The molecule has 2 heteroatoms. The van der Waals surface area contributed by atoms with Crippen LogP contribution in [-0.4, -0.2) is 18.7 Å². The molecule has 0 aliphatic rings. The Balaban J connectivity index is 2.59. The van der Waals surface area contributed by atoms with Gasteiger partial charge in [-0.1, -0.05) is 31.2 Å². The highest BCUT2D eigenvalue weighted by Crippen LogP contribution is 2.22. The fraction of sp³-hybridized carbons (Fsp3) is 0.538. The van der Waals surface area contributed by atoms with Crippen LogP contribution in [0.3, 0.4) is 0 Å². The lowest BCUT2D eigenvalue weighted by molar-refractivity contribution is 0.163. The largest absolute Gasteiger partial charge is 0.388 e. The Morgan fingerprint density at radius 3 is 2.73 bits per heavy atom. The van der Waals surface area contributed by atoms with E-state index in [0.717, 1.165) is 31.4 Å². The first-order valence-corrected chi connectivity index (χ1v) is 5.70. The van der Waals surface area contributed by atoms with Crippen LogP contribution in [-0.2, 0) is 6.42 Å². The molecule has 0 bridgehead atoms. The monoisotopic (exact) mass is 207 g/mol. The molecule has 1 aromatic carbocycles. The second-order valence-corrected chi connectivity index (χ2v) is 3.81. The van der Waals surface area contributed by atoms with E-state index in [2.05, 4.69) is 18.3 Å². The lowest BCUT2D eigenvalue weighted by Crippen LogP contribution is -2.10. The molecular weight excluding hydrogens is 186 g/mol. The second-order valence-electron chi connectivity index (χ2n) is 3.81. The highest BCUT2D eigenvalue weighted by Gasteiger charge is 2.09. The molecule has 1 rings (SSSR count). The molecule has 1 unspecified atom stereocenters. The number of hydrogen-bond donors (Lipinski definition) is 2. The quantitative estimate of drug-likeness (QED) is 0.701. The van der Waals surface area contributed by atoms with Crippen LogP contribution in [0.25, 0.3) is 0 Å². The van der Waals surface area contributed by atoms with Crippen LogP contribution in [0.5, 0.6) is 0 Å². The van der Waals surface area contributed by atoms with Crippen LogP contribution in [0.1, 0.15) is 37.0 Å². The van der Waals surface area contributed by atoms with Crippen molar-refractivity contribution in [2.45, 2.75) is 32.3 Å². The van der Waals surface area contributed by atoms with Crippen molar-refractivity contribution in [2.24, 2.45) is 0 Å². The SMILES string of the molecule is CCc1ccccc1C(O)CCCNC. The molecule has 0 aliphatic heterocycles. The Morgan fingerprint density at radius 1 is 1.33 bits per heavy atom. The summed E-state index contributed by atoms with van der Waals surface area (Å²) < 4.78 is 0. The molecule has 2 nitrogen and oxygen atoms in total. The van der Waals surface area contributed by atoms with Gasteiger partial charge in [0.05, 0.1) is 6.10 Å². The van der Waals surface area contributed by atoms with Crippen molar-refractivity contribution in [3.05, 3.63) is 35.4 Å². The fourth-order valence-electron chi connectivity index (χ4n) is 1.81. The molecule has 0 saturated heterocycles. The van der Waals surface area contributed by atoms with Crippen LogP contribution in [0.4, 0.5) is 0 Å². The Hall–Kier alpha value is -0.860. The van der Waals surface area contributed by atoms with E-state index in [0.29, 0.717) is 0 Å². The molecule has 0 spiro atoms. The third-order valence-corrected chi connectivity index (χ3v) is 2.70. The van der Waals surface area contributed by atoms with Crippen LogP contribution in [0.2, 0.25) is 0 Å². The Labute approximate surface area is 92.3 Å². The number of aliphatic hydroxyl groups is 1. The number of aryl methyl sites for hydroxylation is 1. The van der Waals surface area contributed by atoms with Gasteiger partial charge in [-0.15, -0.1) is 0 Å². The summed E-state index contributed by atoms with van der Waals surface area (Å²) in [4.78, 5) is 0. The minimum atomic E-state index is -0.311. The van der Waals surface area contributed by atoms with Crippen LogP contribution >= 0.6 is 0 Å². The van der Waals surface area contributed by atoms with Crippen molar-refractivity contribution in [1.82, 2.24) is 5.32 Å². The molecule has 0 saturated carbocycles. The molecular formula is C13H21NO. The number of hydrogen-bond acceptors (Lipinski definition) is 2. The first-order chi connectivity index (χ1) is 7.29. The third-order valence-electron chi connectivity index (χ3n) is 2.70. The van der Waals surface area contributed by atoms with Gasteiger partial charge in [0.2, 0.25) is 0 Å². The molecule has 1 atom stereocenters. The van der Waals surface area contributed by atoms with E-state index in [-0.39, 0.29) is 6.10 Å². The van der Waals surface area contributed by atoms with Crippen molar-refractivity contribution in [3.63, 3.8) is 0 Å². The zero-order valence-electron chi connectivity index (χ0n) is 9.66. The molecule has 0 aliphatic carbocycles. The average molecular weight is 207 g/mol. The van der Waals surface area contributed by atoms with E-state index in [1.165, 1.54) is 5.56 Å². The zero-order chi connectivity index (χ0) is 11.1. The molecule has 0 aromatic heterocycles. The van der Waals surface area contributed by atoms with Gasteiger partial charge in [-0.2, -0.15) is 0 Å². The summed E-state index contributed by atoms with van der Waals surface area (Å²) in [6.07, 6.45) is 2.52. The number of rotatable bonds is 6. The molecule has 0 heterocycles. The molecule has 0 fully saturated rings. The maximum absolute atomic E-state index is 10.0. The van der Waals surface area contributed by atoms with Crippen LogP contribution < -0.4 is 5.32 Å². The summed E-state index contributed by atoms with van der Waals surface area (Å²) in [5.41, 5.74) is 2.35. The standard InChI is InChI=1S/C13H21NO/c1-3-11-7-4-5-8-12(11)13(15)9-6-10-14-2/h4-5,7-8,13-15H,3,6,9-10H2,1-2H3. The molecule has 0 amide bonds. The summed E-state index contributed by atoms with van der Waals surface area (Å²) in [5.74, 6) is 0. The van der Waals surface area contributed by atoms with Gasteiger partial charge in [-0.05, 0) is 44.0 Å². The van der Waals surface area contributed by atoms with Gasteiger partial charge in [0.1, 0.15) is 0 Å². The van der Waals surface area contributed by atoms with Gasteiger partial charge in [0.15, 0.2) is 0 Å². The summed E-state index contributed by atoms with van der Waals surface area (Å²) in [7, 11) is 1.94. The number of aliphatic hydroxyl groups excluding tert-OH is 1. The van der Waals surface area contributed by atoms with E-state index < -0.39 is 0 Å².